The second kappa shape index (κ2) is 8.93. The zero-order valence-corrected chi connectivity index (χ0v) is 13.7. The Hall–Kier alpha value is -1.13. The molecule has 0 saturated heterocycles. The number of thiocarbonyl (C=S) groups is 1. The molecule has 1 rings (SSSR count). The van der Waals surface area contributed by atoms with Crippen LogP contribution in [0, 0.1) is 0 Å². The quantitative estimate of drug-likeness (QED) is 0.597. The number of rotatable bonds is 7. The first-order chi connectivity index (χ1) is 9.58. The second-order valence-corrected chi connectivity index (χ2v) is 5.58. The molecule has 0 bridgehead atoms. The molecule has 0 aliphatic carbocycles. The Morgan fingerprint density at radius 2 is 1.80 bits per heavy atom. The van der Waals surface area contributed by atoms with Crippen LogP contribution in [0.3, 0.4) is 0 Å². The maximum Gasteiger partial charge on any atom is 0.166 e. The summed E-state index contributed by atoms with van der Waals surface area (Å²) < 4.78 is 4.99. The summed E-state index contributed by atoms with van der Waals surface area (Å²) in [6, 6.07) is 9.03. The van der Waals surface area contributed by atoms with E-state index in [1.165, 1.54) is 11.1 Å². The van der Waals surface area contributed by atoms with Crippen LogP contribution in [0.5, 0.6) is 0 Å². The van der Waals surface area contributed by atoms with Crippen molar-refractivity contribution in [2.24, 2.45) is 0 Å². The smallest absolute Gasteiger partial charge is 0.166 e. The zero-order valence-electron chi connectivity index (χ0n) is 12.9. The van der Waals surface area contributed by atoms with Gasteiger partial charge in [-0.15, -0.1) is 0 Å². The van der Waals surface area contributed by atoms with Gasteiger partial charge >= 0.3 is 0 Å². The summed E-state index contributed by atoms with van der Waals surface area (Å²) in [6.45, 7) is 7.96. The lowest BCUT2D eigenvalue weighted by Gasteiger charge is -2.20. The highest BCUT2D eigenvalue weighted by Gasteiger charge is 2.10. The van der Waals surface area contributed by atoms with Crippen LogP contribution in [-0.4, -0.2) is 25.4 Å². The second-order valence-electron chi connectivity index (χ2n) is 5.18. The summed E-state index contributed by atoms with van der Waals surface area (Å²) in [7, 11) is 1.68. The lowest BCUT2D eigenvalue weighted by atomic mass is 9.98. The molecule has 0 aromatic heterocycles. The molecule has 3 nitrogen and oxygen atoms in total. The highest BCUT2D eigenvalue weighted by atomic mass is 32.1. The molecule has 1 unspecified atom stereocenters. The van der Waals surface area contributed by atoms with E-state index in [1.807, 2.05) is 0 Å². The average Bonchev–Trinajstić information content (AvgIpc) is 2.45. The van der Waals surface area contributed by atoms with Gasteiger partial charge < -0.3 is 15.4 Å². The lowest BCUT2D eigenvalue weighted by molar-refractivity contribution is 0.204. The van der Waals surface area contributed by atoms with Crippen LogP contribution >= 0.6 is 12.2 Å². The predicted molar refractivity (Wildman–Crippen MR) is 89.2 cm³/mol. The number of hydrogen-bond donors (Lipinski definition) is 2. The Morgan fingerprint density at radius 3 is 2.30 bits per heavy atom. The average molecular weight is 294 g/mol. The molecule has 0 aliphatic heterocycles. The Labute approximate surface area is 128 Å². The van der Waals surface area contributed by atoms with E-state index >= 15 is 0 Å². The van der Waals surface area contributed by atoms with Gasteiger partial charge in [0.2, 0.25) is 0 Å². The first kappa shape index (κ1) is 16.9. The Balaban J connectivity index is 2.59. The van der Waals surface area contributed by atoms with E-state index in [2.05, 4.69) is 55.7 Å². The summed E-state index contributed by atoms with van der Waals surface area (Å²) in [5.41, 5.74) is 2.64. The molecule has 1 aromatic carbocycles. The van der Waals surface area contributed by atoms with Crippen LogP contribution < -0.4 is 10.6 Å². The summed E-state index contributed by atoms with van der Waals surface area (Å²) in [6.07, 6.45) is 0.993. The van der Waals surface area contributed by atoms with Gasteiger partial charge in [0.25, 0.3) is 0 Å². The van der Waals surface area contributed by atoms with Gasteiger partial charge in [-0.2, -0.15) is 0 Å². The largest absolute Gasteiger partial charge is 0.383 e. The molecule has 1 atom stereocenters. The topological polar surface area (TPSA) is 33.3 Å². The molecule has 0 saturated carbocycles. The van der Waals surface area contributed by atoms with E-state index in [9.17, 15) is 0 Å². The van der Waals surface area contributed by atoms with Crippen molar-refractivity contribution in [3.8, 4) is 0 Å². The number of nitrogens with one attached hydrogen (secondary N) is 2. The van der Waals surface area contributed by atoms with Crippen molar-refractivity contribution in [2.75, 3.05) is 20.3 Å². The molecular formula is C16H26N2OS. The van der Waals surface area contributed by atoms with E-state index in [0.29, 0.717) is 17.6 Å². The van der Waals surface area contributed by atoms with Gasteiger partial charge in [0.05, 0.1) is 12.6 Å². The van der Waals surface area contributed by atoms with Gasteiger partial charge in [-0.25, -0.2) is 0 Å². The zero-order chi connectivity index (χ0) is 15.0. The van der Waals surface area contributed by atoms with E-state index < -0.39 is 0 Å². The third kappa shape index (κ3) is 5.47. The molecule has 0 fully saturated rings. The van der Waals surface area contributed by atoms with Crippen LogP contribution in [-0.2, 0) is 4.74 Å². The number of hydrogen-bond acceptors (Lipinski definition) is 2. The van der Waals surface area contributed by atoms with Gasteiger partial charge in [-0.05, 0) is 35.7 Å². The molecule has 0 aliphatic rings. The van der Waals surface area contributed by atoms with Crippen molar-refractivity contribution >= 4 is 17.3 Å². The molecule has 4 heteroatoms. The molecule has 112 valence electrons. The lowest BCUT2D eigenvalue weighted by Crippen LogP contribution is -2.39. The Morgan fingerprint density at radius 1 is 1.20 bits per heavy atom. The molecule has 0 spiro atoms. The first-order valence-corrected chi connectivity index (χ1v) is 7.62. The van der Waals surface area contributed by atoms with Crippen molar-refractivity contribution in [3.05, 3.63) is 35.4 Å². The van der Waals surface area contributed by atoms with Crippen LogP contribution in [0.15, 0.2) is 24.3 Å². The summed E-state index contributed by atoms with van der Waals surface area (Å²) in [4.78, 5) is 0. The third-order valence-corrected chi connectivity index (χ3v) is 3.57. The minimum Gasteiger partial charge on any atom is -0.383 e. The van der Waals surface area contributed by atoms with E-state index in [0.717, 1.165) is 13.0 Å². The van der Waals surface area contributed by atoms with E-state index in [4.69, 9.17) is 17.0 Å². The molecule has 2 N–H and O–H groups in total. The predicted octanol–water partition coefficient (Wildman–Crippen LogP) is 3.37. The monoisotopic (exact) mass is 294 g/mol. The molecule has 20 heavy (non-hydrogen) atoms. The van der Waals surface area contributed by atoms with E-state index in [1.54, 1.807) is 7.11 Å². The number of ether oxygens (including phenoxy) is 1. The summed E-state index contributed by atoms with van der Waals surface area (Å²) >= 11 is 5.30. The maximum atomic E-state index is 5.30. The fourth-order valence-electron chi connectivity index (χ4n) is 2.01. The third-order valence-electron chi connectivity index (χ3n) is 3.31. The molecule has 0 radical (unpaired) electrons. The van der Waals surface area contributed by atoms with Crippen LogP contribution in [0.25, 0.3) is 0 Å². The van der Waals surface area contributed by atoms with Crippen molar-refractivity contribution in [1.82, 2.24) is 10.6 Å². The van der Waals surface area contributed by atoms with Crippen LogP contribution in [0.1, 0.15) is 50.3 Å². The van der Waals surface area contributed by atoms with Crippen molar-refractivity contribution in [3.63, 3.8) is 0 Å². The Kier molecular flexibility index (Phi) is 7.55. The van der Waals surface area contributed by atoms with Crippen molar-refractivity contribution < 1.29 is 4.74 Å². The number of benzene rings is 1. The highest BCUT2D eigenvalue weighted by Crippen LogP contribution is 2.20. The highest BCUT2D eigenvalue weighted by molar-refractivity contribution is 7.80. The minimum atomic E-state index is 0.249. The van der Waals surface area contributed by atoms with E-state index in [-0.39, 0.29) is 6.04 Å². The van der Waals surface area contributed by atoms with Crippen LogP contribution in [0.2, 0.25) is 0 Å². The normalized spacial score (nSPS) is 12.2. The van der Waals surface area contributed by atoms with Crippen molar-refractivity contribution in [1.29, 1.82) is 0 Å². The van der Waals surface area contributed by atoms with Gasteiger partial charge in [0.1, 0.15) is 0 Å². The van der Waals surface area contributed by atoms with Crippen LogP contribution in [0.4, 0.5) is 0 Å². The molecule has 0 heterocycles. The minimum absolute atomic E-state index is 0.249. The van der Waals surface area contributed by atoms with Gasteiger partial charge in [0.15, 0.2) is 5.11 Å². The first-order valence-electron chi connectivity index (χ1n) is 7.21. The van der Waals surface area contributed by atoms with Gasteiger partial charge in [-0.3, -0.25) is 0 Å². The standard InChI is InChI=1S/C16H26N2OS/c1-5-15(18-16(20)17-10-11-19-4)14-8-6-13(7-9-14)12(2)3/h6-9,12,15H,5,10-11H2,1-4H3,(H2,17,18,20). The number of methoxy groups -OCH3 is 1. The fourth-order valence-corrected chi connectivity index (χ4v) is 2.25. The molecule has 1 aromatic rings. The SMILES string of the molecule is CCC(NC(=S)NCCOC)c1ccc(C(C)C)cc1. The van der Waals surface area contributed by atoms with Gasteiger partial charge in [-0.1, -0.05) is 45.0 Å². The summed E-state index contributed by atoms with van der Waals surface area (Å²) in [5.74, 6) is 0.564. The molecular weight excluding hydrogens is 268 g/mol. The van der Waals surface area contributed by atoms with Gasteiger partial charge in [0, 0.05) is 13.7 Å². The molecule has 0 amide bonds. The summed E-state index contributed by atoms with van der Waals surface area (Å²) in [5, 5.41) is 7.18. The fraction of sp³-hybridized carbons (Fsp3) is 0.562. The maximum absolute atomic E-state index is 5.30. The Bertz CT molecular complexity index is 403. The van der Waals surface area contributed by atoms with Crippen molar-refractivity contribution in [2.45, 2.75) is 39.2 Å².